The minimum Gasteiger partial charge on any atom is -0.309 e. The smallest absolute Gasteiger partial charge is 0.102 e. The second-order valence-corrected chi connectivity index (χ2v) is 15.2. The van der Waals surface area contributed by atoms with Gasteiger partial charge in [0.05, 0.1) is 56.2 Å². The summed E-state index contributed by atoms with van der Waals surface area (Å²) in [5.41, 5.74) is 12.6. The van der Waals surface area contributed by atoms with Crippen LogP contribution >= 0.6 is 0 Å². The summed E-state index contributed by atoms with van der Waals surface area (Å²) < 4.78 is 4.65. The third-order valence-corrected chi connectivity index (χ3v) is 11.8. The molecule has 0 fully saturated rings. The molecule has 0 bridgehead atoms. The molecule has 6 nitrogen and oxygen atoms in total. The summed E-state index contributed by atoms with van der Waals surface area (Å²) in [7, 11) is 0. The highest BCUT2D eigenvalue weighted by Gasteiger charge is 2.25. The van der Waals surface area contributed by atoms with E-state index >= 15 is 0 Å². The lowest BCUT2D eigenvalue weighted by molar-refractivity contribution is 1.16. The lowest BCUT2D eigenvalue weighted by Gasteiger charge is -2.16. The quantitative estimate of drug-likeness (QED) is 0.168. The number of benzene rings is 8. The summed E-state index contributed by atoms with van der Waals surface area (Å²) >= 11 is 0. The standard InChI is InChI=1S/C56H32N6/c57-33-39-30-38(56-48(35-59)53(36-16-5-1-6-17-36)47(34-58)55(60-56)37-18-7-2-8-19-37)28-29-42(39)44-25-15-27-50-54(44)46-31-45-43-24-13-14-26-49(43)61(40-20-9-3-10-21-40)51(45)32-52(46)62(50)41-22-11-4-12-23-41/h1-32H. The predicted molar refractivity (Wildman–Crippen MR) is 249 cm³/mol. The first-order valence-electron chi connectivity index (χ1n) is 20.3. The Kier molecular flexibility index (Phi) is 8.54. The van der Waals surface area contributed by atoms with Crippen LogP contribution < -0.4 is 0 Å². The zero-order valence-electron chi connectivity index (χ0n) is 33.2. The first-order chi connectivity index (χ1) is 30.7. The van der Waals surface area contributed by atoms with Gasteiger partial charge in [0.2, 0.25) is 0 Å². The highest BCUT2D eigenvalue weighted by molar-refractivity contribution is 6.22. The molecule has 0 atom stereocenters. The number of para-hydroxylation sites is 3. The minimum absolute atomic E-state index is 0.274. The molecule has 0 N–H and O–H groups in total. The molecule has 0 saturated heterocycles. The fraction of sp³-hybridized carbons (Fsp3) is 0. The maximum Gasteiger partial charge on any atom is 0.102 e. The van der Waals surface area contributed by atoms with E-state index in [0.717, 1.165) is 77.2 Å². The van der Waals surface area contributed by atoms with Crippen molar-refractivity contribution in [3.05, 3.63) is 211 Å². The van der Waals surface area contributed by atoms with Crippen LogP contribution in [-0.2, 0) is 0 Å². The fourth-order valence-corrected chi connectivity index (χ4v) is 9.19. The van der Waals surface area contributed by atoms with Crippen LogP contribution in [0.15, 0.2) is 194 Å². The van der Waals surface area contributed by atoms with Crippen molar-refractivity contribution in [2.75, 3.05) is 0 Å². The van der Waals surface area contributed by atoms with Crippen molar-refractivity contribution in [3.63, 3.8) is 0 Å². The number of hydrogen-bond acceptors (Lipinski definition) is 4. The SMILES string of the molecule is N#Cc1cc(-c2nc(-c3ccccc3)c(C#N)c(-c3ccccc3)c2C#N)ccc1-c1cccc2c1c1cc3c4ccccc4n(-c4ccccc4)c3cc1n2-c1ccccc1. The molecule has 8 aromatic carbocycles. The van der Waals surface area contributed by atoms with Crippen molar-refractivity contribution in [3.8, 4) is 74.4 Å². The number of aromatic nitrogens is 3. The summed E-state index contributed by atoms with van der Waals surface area (Å²) in [6.45, 7) is 0. The number of hydrogen-bond donors (Lipinski definition) is 0. The Bertz CT molecular complexity index is 3690. The Balaban J connectivity index is 1.18. The fourth-order valence-electron chi connectivity index (χ4n) is 9.19. The molecule has 0 aliphatic rings. The Hall–Kier alpha value is -9.02. The molecule has 0 spiro atoms. The molecule has 0 unspecified atom stereocenters. The summed E-state index contributed by atoms with van der Waals surface area (Å²) in [6, 6.07) is 72.4. The zero-order valence-corrected chi connectivity index (χ0v) is 33.2. The van der Waals surface area contributed by atoms with Gasteiger partial charge in [0, 0.05) is 55.2 Å². The minimum atomic E-state index is 0.274. The van der Waals surface area contributed by atoms with Gasteiger partial charge in [-0.15, -0.1) is 0 Å². The van der Waals surface area contributed by atoms with E-state index in [2.05, 4.69) is 130 Å². The van der Waals surface area contributed by atoms with Gasteiger partial charge < -0.3 is 9.13 Å². The van der Waals surface area contributed by atoms with Crippen molar-refractivity contribution in [2.24, 2.45) is 0 Å². The highest BCUT2D eigenvalue weighted by atomic mass is 15.0. The van der Waals surface area contributed by atoms with Gasteiger partial charge in [-0.25, -0.2) is 4.98 Å². The van der Waals surface area contributed by atoms with E-state index in [9.17, 15) is 15.8 Å². The summed E-state index contributed by atoms with van der Waals surface area (Å²) in [5.74, 6) is 0. The van der Waals surface area contributed by atoms with Crippen LogP contribution in [0.25, 0.3) is 99.8 Å². The lowest BCUT2D eigenvalue weighted by Crippen LogP contribution is -2.02. The molecule has 3 heterocycles. The van der Waals surface area contributed by atoms with E-state index in [-0.39, 0.29) is 5.56 Å². The largest absolute Gasteiger partial charge is 0.309 e. The first kappa shape index (κ1) is 36.1. The van der Waals surface area contributed by atoms with E-state index in [1.807, 2.05) is 91.0 Å². The van der Waals surface area contributed by atoms with Crippen LogP contribution in [0.1, 0.15) is 16.7 Å². The lowest BCUT2D eigenvalue weighted by atomic mass is 9.88. The molecule has 0 aliphatic carbocycles. The zero-order chi connectivity index (χ0) is 41.7. The normalized spacial score (nSPS) is 11.2. The van der Waals surface area contributed by atoms with E-state index in [1.54, 1.807) is 0 Å². The second kappa shape index (κ2) is 14.7. The van der Waals surface area contributed by atoms with Crippen LogP contribution in [0.5, 0.6) is 0 Å². The van der Waals surface area contributed by atoms with Crippen molar-refractivity contribution in [2.45, 2.75) is 0 Å². The van der Waals surface area contributed by atoms with Crippen LogP contribution in [-0.4, -0.2) is 14.1 Å². The van der Waals surface area contributed by atoms with Gasteiger partial charge in [-0.1, -0.05) is 140 Å². The maximum absolute atomic E-state index is 11.0. The molecule has 3 aromatic heterocycles. The third kappa shape index (κ3) is 5.59. The summed E-state index contributed by atoms with van der Waals surface area (Å²) in [4.78, 5) is 5.06. The van der Waals surface area contributed by atoms with Gasteiger partial charge in [0.1, 0.15) is 12.1 Å². The highest BCUT2D eigenvalue weighted by Crippen LogP contribution is 2.45. The number of pyridine rings is 1. The summed E-state index contributed by atoms with van der Waals surface area (Å²) in [6.07, 6.45) is 0. The maximum atomic E-state index is 11.0. The van der Waals surface area contributed by atoms with Crippen LogP contribution in [0.3, 0.4) is 0 Å². The Morgan fingerprint density at radius 2 is 0.919 bits per heavy atom. The Morgan fingerprint density at radius 3 is 1.56 bits per heavy atom. The Morgan fingerprint density at radius 1 is 0.371 bits per heavy atom. The van der Waals surface area contributed by atoms with Gasteiger partial charge in [0.25, 0.3) is 0 Å². The van der Waals surface area contributed by atoms with Crippen molar-refractivity contribution in [1.82, 2.24) is 14.1 Å². The van der Waals surface area contributed by atoms with Crippen molar-refractivity contribution in [1.29, 1.82) is 15.8 Å². The first-order valence-corrected chi connectivity index (χ1v) is 20.3. The molecule has 62 heavy (non-hydrogen) atoms. The van der Waals surface area contributed by atoms with Gasteiger partial charge in [-0.05, 0) is 65.7 Å². The number of nitrogens with zero attached hydrogens (tertiary/aromatic N) is 6. The molecule has 11 aromatic rings. The van der Waals surface area contributed by atoms with E-state index in [0.29, 0.717) is 33.6 Å². The van der Waals surface area contributed by atoms with Gasteiger partial charge in [-0.2, -0.15) is 15.8 Å². The Labute approximate surface area is 357 Å². The van der Waals surface area contributed by atoms with Gasteiger partial charge in [-0.3, -0.25) is 0 Å². The molecule has 0 amide bonds. The number of nitriles is 3. The number of fused-ring (bicyclic) bond motifs is 6. The van der Waals surface area contributed by atoms with Crippen LogP contribution in [0.4, 0.5) is 0 Å². The molecular weight excluding hydrogens is 757 g/mol. The van der Waals surface area contributed by atoms with Crippen molar-refractivity contribution >= 4 is 43.6 Å². The summed E-state index contributed by atoms with van der Waals surface area (Å²) in [5, 5.41) is 36.8. The molecule has 0 saturated carbocycles. The van der Waals surface area contributed by atoms with Crippen LogP contribution in [0.2, 0.25) is 0 Å². The van der Waals surface area contributed by atoms with E-state index < -0.39 is 0 Å². The number of rotatable bonds is 6. The molecule has 286 valence electrons. The predicted octanol–water partition coefficient (Wildman–Crippen LogP) is 13.6. The topological polar surface area (TPSA) is 94.1 Å². The van der Waals surface area contributed by atoms with Gasteiger partial charge >= 0.3 is 0 Å². The third-order valence-electron chi connectivity index (χ3n) is 11.8. The molecule has 11 rings (SSSR count). The average Bonchev–Trinajstić information content (AvgIpc) is 3.85. The average molecular weight is 789 g/mol. The monoisotopic (exact) mass is 788 g/mol. The molecule has 6 heteroatoms. The van der Waals surface area contributed by atoms with Crippen LogP contribution in [0, 0.1) is 34.0 Å². The molecule has 0 radical (unpaired) electrons. The molecule has 0 aliphatic heterocycles. The van der Waals surface area contributed by atoms with E-state index in [4.69, 9.17) is 4.98 Å². The second-order valence-electron chi connectivity index (χ2n) is 15.2. The van der Waals surface area contributed by atoms with E-state index in [1.165, 1.54) is 0 Å². The van der Waals surface area contributed by atoms with Gasteiger partial charge in [0.15, 0.2) is 0 Å². The molecular formula is C56H32N6. The van der Waals surface area contributed by atoms with Crippen molar-refractivity contribution < 1.29 is 0 Å².